The van der Waals surface area contributed by atoms with Crippen molar-refractivity contribution >= 4 is 30.1 Å². The lowest BCUT2D eigenvalue weighted by Gasteiger charge is -2.52. The minimum absolute atomic E-state index is 0.115. The molecular weight excluding hydrogens is 391 g/mol. The van der Waals surface area contributed by atoms with Gasteiger partial charge < -0.3 is 4.90 Å². The average Bonchev–Trinajstić information content (AvgIpc) is 2.97. The van der Waals surface area contributed by atoms with Crippen LogP contribution in [0.1, 0.15) is 38.5 Å². The van der Waals surface area contributed by atoms with Gasteiger partial charge in [-0.15, -0.1) is 0 Å². The molecule has 1 atom stereocenters. The van der Waals surface area contributed by atoms with Crippen molar-refractivity contribution in [1.82, 2.24) is 4.90 Å². The van der Waals surface area contributed by atoms with Gasteiger partial charge in [-0.2, -0.15) is 0 Å². The molecule has 5 heteroatoms. The minimum Gasteiger partial charge on any atom is -0.303 e. The zero-order chi connectivity index (χ0) is 14.2. The first kappa shape index (κ1) is 15.4. The third-order valence-corrected chi connectivity index (χ3v) is 6.18. The van der Waals surface area contributed by atoms with Gasteiger partial charge >= 0.3 is 0 Å². The number of likely N-dealkylation sites (tertiary alicyclic amines) is 1. The summed E-state index contributed by atoms with van der Waals surface area (Å²) in [5, 5.41) is 3.06. The van der Waals surface area contributed by atoms with Crippen LogP contribution in [0, 0.1) is 28.4 Å². The summed E-state index contributed by atoms with van der Waals surface area (Å²) in [7, 11) is 1.56. The lowest BCUT2D eigenvalue weighted by atomic mass is 9.57. The van der Waals surface area contributed by atoms with Crippen LogP contribution < -0.4 is 0 Å². The Labute approximate surface area is 136 Å². The Hall–Kier alpha value is 0.460. The molecule has 112 valence electrons. The van der Waals surface area contributed by atoms with E-state index in [1.165, 1.54) is 25.7 Å². The summed E-state index contributed by atoms with van der Waals surface area (Å²) >= 11 is 2.20. The van der Waals surface area contributed by atoms with Crippen LogP contribution in [0.15, 0.2) is 0 Å². The van der Waals surface area contributed by atoms with Gasteiger partial charge in [0.1, 0.15) is 0 Å². The average molecular weight is 411 g/mol. The molecule has 2 aliphatic carbocycles. The van der Waals surface area contributed by atoms with Crippen molar-refractivity contribution in [3.05, 3.63) is 0 Å². The second kappa shape index (κ2) is 5.92. The van der Waals surface area contributed by atoms with E-state index < -0.39 is 5.92 Å². The van der Waals surface area contributed by atoms with Crippen molar-refractivity contribution in [2.24, 2.45) is 17.3 Å². The standard InChI is InChI=1S/C15H20F2INS/c16-15(17)10-13(15)11-19-5-3-14(4-6-19)8-12(9-14)2-1-7-20-18/h12-13H,2-6,8-11H2. The van der Waals surface area contributed by atoms with E-state index in [1.54, 1.807) is 8.93 Å². The molecule has 3 rings (SSSR count). The maximum Gasteiger partial charge on any atom is 0.252 e. The van der Waals surface area contributed by atoms with E-state index in [1.807, 2.05) is 0 Å². The summed E-state index contributed by atoms with van der Waals surface area (Å²) in [4.78, 5) is 2.26. The molecular formula is C15H20F2INS. The van der Waals surface area contributed by atoms with Gasteiger partial charge in [0, 0.05) is 46.5 Å². The van der Waals surface area contributed by atoms with Crippen molar-refractivity contribution in [2.75, 3.05) is 19.6 Å². The van der Waals surface area contributed by atoms with E-state index in [4.69, 9.17) is 0 Å². The minimum atomic E-state index is -2.36. The molecule has 1 aliphatic heterocycles. The number of nitrogens with zero attached hydrogens (tertiary/aromatic N) is 1. The molecule has 1 nitrogen and oxygen atoms in total. The molecule has 1 saturated heterocycles. The summed E-state index contributed by atoms with van der Waals surface area (Å²) in [6.07, 6.45) is 6.18. The smallest absolute Gasteiger partial charge is 0.252 e. The second-order valence-corrected chi connectivity index (χ2v) is 8.48. The van der Waals surface area contributed by atoms with E-state index in [9.17, 15) is 8.78 Å². The molecule has 0 aromatic carbocycles. The first-order chi connectivity index (χ1) is 9.53. The maximum atomic E-state index is 12.9. The van der Waals surface area contributed by atoms with Crippen LogP contribution in [0.25, 0.3) is 0 Å². The Balaban J connectivity index is 1.37. The molecule has 1 heterocycles. The Morgan fingerprint density at radius 3 is 2.40 bits per heavy atom. The van der Waals surface area contributed by atoms with E-state index >= 15 is 0 Å². The molecule has 3 fully saturated rings. The Morgan fingerprint density at radius 2 is 1.85 bits per heavy atom. The van der Waals surface area contributed by atoms with Crippen molar-refractivity contribution in [3.63, 3.8) is 0 Å². The van der Waals surface area contributed by atoms with Gasteiger partial charge in [-0.25, -0.2) is 8.78 Å². The van der Waals surface area contributed by atoms with Gasteiger partial charge in [-0.05, 0) is 64.3 Å². The topological polar surface area (TPSA) is 3.24 Å². The van der Waals surface area contributed by atoms with E-state index in [0.717, 1.165) is 25.4 Å². The SMILES string of the molecule is FC1(F)CC1CN1CCC2(CC1)CC(CC#CSI)C2. The predicted molar refractivity (Wildman–Crippen MR) is 87.9 cm³/mol. The highest BCUT2D eigenvalue weighted by Gasteiger charge is 2.57. The number of alkyl halides is 2. The Kier molecular flexibility index (Phi) is 4.55. The third kappa shape index (κ3) is 3.44. The van der Waals surface area contributed by atoms with Crippen LogP contribution >= 0.6 is 30.1 Å². The number of halogens is 3. The third-order valence-electron chi connectivity index (χ3n) is 5.30. The second-order valence-electron chi connectivity index (χ2n) is 6.80. The summed E-state index contributed by atoms with van der Waals surface area (Å²) in [6, 6.07) is 0. The van der Waals surface area contributed by atoms with Gasteiger partial charge in [-0.3, -0.25) is 0 Å². The van der Waals surface area contributed by atoms with Crippen molar-refractivity contribution < 1.29 is 8.78 Å². The number of hydrogen-bond acceptors (Lipinski definition) is 2. The quantitative estimate of drug-likeness (QED) is 0.495. The molecule has 0 aromatic heterocycles. The monoisotopic (exact) mass is 411 g/mol. The summed E-state index contributed by atoms with van der Waals surface area (Å²) in [6.45, 7) is 2.66. The van der Waals surface area contributed by atoms with Gasteiger partial charge in [0.15, 0.2) is 0 Å². The van der Waals surface area contributed by atoms with Crippen molar-refractivity contribution in [3.8, 4) is 11.2 Å². The van der Waals surface area contributed by atoms with Crippen LogP contribution in [-0.2, 0) is 0 Å². The number of hydrogen-bond donors (Lipinski definition) is 0. The molecule has 0 bridgehead atoms. The maximum absolute atomic E-state index is 12.9. The summed E-state index contributed by atoms with van der Waals surface area (Å²) in [5.74, 6) is 1.30. The lowest BCUT2D eigenvalue weighted by Crippen LogP contribution is -2.47. The van der Waals surface area contributed by atoms with Gasteiger partial charge in [0.05, 0.1) is 0 Å². The van der Waals surface area contributed by atoms with Gasteiger partial charge in [-0.1, -0.05) is 5.92 Å². The first-order valence-electron chi connectivity index (χ1n) is 7.39. The predicted octanol–water partition coefficient (Wildman–Crippen LogP) is 4.57. The Bertz CT molecular complexity index is 415. The van der Waals surface area contributed by atoms with E-state index in [0.29, 0.717) is 12.0 Å². The molecule has 0 radical (unpaired) electrons. The summed E-state index contributed by atoms with van der Waals surface area (Å²) < 4.78 is 25.9. The largest absolute Gasteiger partial charge is 0.303 e. The Morgan fingerprint density at radius 1 is 1.20 bits per heavy atom. The van der Waals surface area contributed by atoms with Crippen LogP contribution in [0.5, 0.6) is 0 Å². The molecule has 0 N–H and O–H groups in total. The molecule has 20 heavy (non-hydrogen) atoms. The molecule has 1 spiro atoms. The van der Waals surface area contributed by atoms with E-state index in [-0.39, 0.29) is 12.3 Å². The molecule has 0 aromatic rings. The number of piperidine rings is 1. The molecule has 0 amide bonds. The molecule has 3 aliphatic rings. The van der Waals surface area contributed by atoms with Gasteiger partial charge in [0.2, 0.25) is 0 Å². The lowest BCUT2D eigenvalue weighted by molar-refractivity contribution is -0.0155. The number of rotatable bonds is 3. The fourth-order valence-electron chi connectivity index (χ4n) is 3.92. The fraction of sp³-hybridized carbons (Fsp3) is 0.867. The zero-order valence-electron chi connectivity index (χ0n) is 11.5. The van der Waals surface area contributed by atoms with Crippen LogP contribution in [0.4, 0.5) is 8.78 Å². The van der Waals surface area contributed by atoms with Crippen molar-refractivity contribution in [1.29, 1.82) is 0 Å². The molecule has 1 unspecified atom stereocenters. The normalized spacial score (nSPS) is 31.4. The highest BCUT2D eigenvalue weighted by Crippen LogP contribution is 2.54. The fourth-order valence-corrected chi connectivity index (χ4v) is 4.53. The van der Waals surface area contributed by atoms with Gasteiger partial charge in [0.25, 0.3) is 5.92 Å². The highest BCUT2D eigenvalue weighted by atomic mass is 127. The van der Waals surface area contributed by atoms with Crippen LogP contribution in [-0.4, -0.2) is 30.5 Å². The first-order valence-corrected chi connectivity index (χ1v) is 10.7. The van der Waals surface area contributed by atoms with Crippen molar-refractivity contribution in [2.45, 2.75) is 44.4 Å². The van der Waals surface area contributed by atoms with Crippen LogP contribution in [0.2, 0.25) is 0 Å². The van der Waals surface area contributed by atoms with E-state index in [2.05, 4.69) is 37.3 Å². The van der Waals surface area contributed by atoms with Crippen LogP contribution in [0.3, 0.4) is 0 Å². The summed E-state index contributed by atoms with van der Waals surface area (Å²) in [5.41, 5.74) is 0.534. The zero-order valence-corrected chi connectivity index (χ0v) is 14.5. The highest BCUT2D eigenvalue weighted by molar-refractivity contribution is 14.2. The molecule has 2 saturated carbocycles.